The van der Waals surface area contributed by atoms with Crippen molar-refractivity contribution in [1.29, 1.82) is 5.26 Å². The third-order valence-corrected chi connectivity index (χ3v) is 0.948. The zero-order chi connectivity index (χ0) is 8.85. The van der Waals surface area contributed by atoms with Crippen LogP contribution in [0.5, 0.6) is 0 Å². The van der Waals surface area contributed by atoms with Gasteiger partial charge >= 0.3 is 0 Å². The van der Waals surface area contributed by atoms with Gasteiger partial charge in [-0.15, -0.1) is 0 Å². The fourth-order valence-corrected chi connectivity index (χ4v) is 0.447. The van der Waals surface area contributed by atoms with Gasteiger partial charge in [0, 0.05) is 6.42 Å². The SMILES string of the molecule is N#CNC(=O)C(N)CC(F)F. The molecule has 1 amide bonds. The Bertz CT molecular complexity index is 177. The lowest BCUT2D eigenvalue weighted by molar-refractivity contribution is -0.122. The summed E-state index contributed by atoms with van der Waals surface area (Å²) in [7, 11) is 0. The van der Waals surface area contributed by atoms with Gasteiger partial charge in [0.1, 0.15) is 0 Å². The molecule has 1 unspecified atom stereocenters. The Morgan fingerprint density at radius 3 is 2.64 bits per heavy atom. The monoisotopic (exact) mass is 163 g/mol. The second-order valence-corrected chi connectivity index (χ2v) is 1.83. The second kappa shape index (κ2) is 4.57. The smallest absolute Gasteiger partial charge is 0.250 e. The average Bonchev–Trinajstić information content (AvgIpc) is 1.86. The summed E-state index contributed by atoms with van der Waals surface area (Å²) in [5.74, 6) is -0.882. The normalized spacial score (nSPS) is 12.3. The fourth-order valence-electron chi connectivity index (χ4n) is 0.447. The van der Waals surface area contributed by atoms with Crippen molar-refractivity contribution in [3.63, 3.8) is 0 Å². The van der Waals surface area contributed by atoms with Crippen LogP contribution in [0.4, 0.5) is 8.78 Å². The highest BCUT2D eigenvalue weighted by atomic mass is 19.3. The molecule has 1 atom stereocenters. The lowest BCUT2D eigenvalue weighted by Gasteiger charge is -2.06. The summed E-state index contributed by atoms with van der Waals surface area (Å²) in [5.41, 5.74) is 4.96. The van der Waals surface area contributed by atoms with Crippen molar-refractivity contribution in [2.45, 2.75) is 18.9 Å². The maximum atomic E-state index is 11.5. The minimum Gasteiger partial charge on any atom is -0.320 e. The summed E-state index contributed by atoms with van der Waals surface area (Å²) in [6.45, 7) is 0. The maximum Gasteiger partial charge on any atom is 0.250 e. The first-order chi connectivity index (χ1) is 5.07. The maximum absolute atomic E-state index is 11.5. The van der Waals surface area contributed by atoms with Crippen LogP contribution in [0, 0.1) is 11.5 Å². The van der Waals surface area contributed by atoms with Crippen molar-refractivity contribution in [3.05, 3.63) is 0 Å². The Hall–Kier alpha value is -1.22. The van der Waals surface area contributed by atoms with E-state index >= 15 is 0 Å². The van der Waals surface area contributed by atoms with Gasteiger partial charge in [-0.3, -0.25) is 10.1 Å². The molecule has 0 aromatic heterocycles. The van der Waals surface area contributed by atoms with Crippen LogP contribution in [0.15, 0.2) is 0 Å². The van der Waals surface area contributed by atoms with Gasteiger partial charge in [-0.25, -0.2) is 8.78 Å². The van der Waals surface area contributed by atoms with Crippen LogP contribution < -0.4 is 11.1 Å². The van der Waals surface area contributed by atoms with E-state index in [4.69, 9.17) is 11.0 Å². The molecule has 0 aromatic rings. The summed E-state index contributed by atoms with van der Waals surface area (Å²) in [4.78, 5) is 10.5. The molecule has 11 heavy (non-hydrogen) atoms. The summed E-state index contributed by atoms with van der Waals surface area (Å²) < 4.78 is 23.1. The molecule has 0 heterocycles. The summed E-state index contributed by atoms with van der Waals surface area (Å²) in [5, 5.41) is 9.55. The molecular weight excluding hydrogens is 156 g/mol. The predicted molar refractivity (Wildman–Crippen MR) is 32.4 cm³/mol. The number of carbonyl (C=O) groups is 1. The Labute approximate surface area is 62.0 Å². The van der Waals surface area contributed by atoms with E-state index in [9.17, 15) is 13.6 Å². The topological polar surface area (TPSA) is 78.9 Å². The standard InChI is InChI=1S/C5H7F2N3O/c6-4(7)1-3(9)5(11)10-2-8/h3-4H,1,9H2,(H,10,11). The number of hydrogen-bond acceptors (Lipinski definition) is 3. The van der Waals surface area contributed by atoms with E-state index in [1.807, 2.05) is 0 Å². The number of amides is 1. The summed E-state index contributed by atoms with van der Waals surface area (Å²) in [6, 6.07) is -1.31. The Balaban J connectivity index is 3.75. The van der Waals surface area contributed by atoms with Crippen molar-refractivity contribution in [2.75, 3.05) is 0 Å². The number of halogens is 2. The Morgan fingerprint density at radius 1 is 1.73 bits per heavy atom. The number of alkyl halides is 2. The Morgan fingerprint density at radius 2 is 2.27 bits per heavy atom. The van der Waals surface area contributed by atoms with E-state index in [1.165, 1.54) is 6.19 Å². The highest BCUT2D eigenvalue weighted by Crippen LogP contribution is 2.01. The average molecular weight is 163 g/mol. The minimum atomic E-state index is -2.63. The van der Waals surface area contributed by atoms with Gasteiger partial charge in [0.2, 0.25) is 12.3 Å². The molecule has 0 aromatic carbocycles. The third kappa shape index (κ3) is 4.22. The number of rotatable bonds is 3. The first kappa shape index (κ1) is 9.78. The minimum absolute atomic E-state index is 0.729. The lowest BCUT2D eigenvalue weighted by Crippen LogP contribution is -2.39. The number of nitrogens with two attached hydrogens (primary N) is 1. The molecule has 0 saturated heterocycles. The summed E-state index contributed by atoms with van der Waals surface area (Å²) in [6.07, 6.45) is -2.06. The van der Waals surface area contributed by atoms with Crippen LogP contribution in [0.3, 0.4) is 0 Å². The molecule has 0 aliphatic rings. The van der Waals surface area contributed by atoms with Crippen LogP contribution in [-0.4, -0.2) is 18.4 Å². The van der Waals surface area contributed by atoms with E-state index in [-0.39, 0.29) is 0 Å². The van der Waals surface area contributed by atoms with Crippen molar-refractivity contribution in [2.24, 2.45) is 5.73 Å². The molecule has 4 nitrogen and oxygen atoms in total. The van der Waals surface area contributed by atoms with Crippen molar-refractivity contribution >= 4 is 5.91 Å². The van der Waals surface area contributed by atoms with Gasteiger partial charge in [0.15, 0.2) is 6.19 Å². The molecule has 3 N–H and O–H groups in total. The first-order valence-corrected chi connectivity index (χ1v) is 2.80. The van der Waals surface area contributed by atoms with E-state index in [1.54, 1.807) is 5.32 Å². The molecule has 0 spiro atoms. The van der Waals surface area contributed by atoms with Gasteiger partial charge in [-0.1, -0.05) is 0 Å². The van der Waals surface area contributed by atoms with Gasteiger partial charge in [0.25, 0.3) is 0 Å². The zero-order valence-corrected chi connectivity index (χ0v) is 5.55. The molecule has 0 rings (SSSR count). The molecule has 0 fully saturated rings. The summed E-state index contributed by atoms with van der Waals surface area (Å²) >= 11 is 0. The number of nitriles is 1. The van der Waals surface area contributed by atoms with E-state index in [2.05, 4.69) is 0 Å². The molecule has 62 valence electrons. The van der Waals surface area contributed by atoms with Gasteiger partial charge in [-0.05, 0) is 0 Å². The van der Waals surface area contributed by atoms with Crippen LogP contribution >= 0.6 is 0 Å². The lowest BCUT2D eigenvalue weighted by atomic mass is 10.2. The van der Waals surface area contributed by atoms with Crippen LogP contribution in [0.25, 0.3) is 0 Å². The van der Waals surface area contributed by atoms with Crippen molar-refractivity contribution in [3.8, 4) is 6.19 Å². The molecule has 0 radical (unpaired) electrons. The van der Waals surface area contributed by atoms with E-state index in [0.717, 1.165) is 0 Å². The number of nitrogens with one attached hydrogen (secondary N) is 1. The highest BCUT2D eigenvalue weighted by Gasteiger charge is 2.17. The van der Waals surface area contributed by atoms with Crippen LogP contribution in [0.1, 0.15) is 6.42 Å². The first-order valence-electron chi connectivity index (χ1n) is 2.80. The predicted octanol–water partition coefficient (Wildman–Crippen LogP) is -0.434. The van der Waals surface area contributed by atoms with Crippen molar-refractivity contribution < 1.29 is 13.6 Å². The third-order valence-electron chi connectivity index (χ3n) is 0.948. The highest BCUT2D eigenvalue weighted by molar-refractivity contribution is 5.82. The quantitative estimate of drug-likeness (QED) is 0.437. The second-order valence-electron chi connectivity index (χ2n) is 1.83. The van der Waals surface area contributed by atoms with Gasteiger partial charge < -0.3 is 5.73 Å². The number of hydrogen-bond donors (Lipinski definition) is 2. The molecule has 6 heteroatoms. The van der Waals surface area contributed by atoms with Crippen LogP contribution in [-0.2, 0) is 4.79 Å². The van der Waals surface area contributed by atoms with E-state index < -0.39 is 24.8 Å². The molecule has 0 bridgehead atoms. The largest absolute Gasteiger partial charge is 0.320 e. The molecular formula is C5H7F2N3O. The van der Waals surface area contributed by atoms with Gasteiger partial charge in [0.05, 0.1) is 6.04 Å². The molecule has 0 aliphatic carbocycles. The fraction of sp³-hybridized carbons (Fsp3) is 0.600. The number of nitrogens with zero attached hydrogens (tertiary/aromatic N) is 1. The molecule has 0 aliphatic heterocycles. The number of carbonyl (C=O) groups excluding carboxylic acids is 1. The van der Waals surface area contributed by atoms with E-state index in [0.29, 0.717) is 0 Å². The zero-order valence-electron chi connectivity index (χ0n) is 5.55. The van der Waals surface area contributed by atoms with Gasteiger partial charge in [-0.2, -0.15) is 5.26 Å². The molecule has 0 saturated carbocycles. The Kier molecular flexibility index (Phi) is 4.07. The van der Waals surface area contributed by atoms with Crippen LogP contribution in [0.2, 0.25) is 0 Å². The van der Waals surface area contributed by atoms with Crippen molar-refractivity contribution in [1.82, 2.24) is 5.32 Å².